The van der Waals surface area contributed by atoms with Crippen molar-refractivity contribution in [2.75, 3.05) is 6.16 Å². The van der Waals surface area contributed by atoms with Gasteiger partial charge in [0.1, 0.15) is 11.6 Å². The summed E-state index contributed by atoms with van der Waals surface area (Å²) in [6, 6.07) is 11.0. The SMILES string of the molecule is O=P(O)(O)CC(c1ccc(F)cc1)c1ccccc1F. The van der Waals surface area contributed by atoms with E-state index in [1.807, 2.05) is 0 Å². The minimum absolute atomic E-state index is 0.183. The van der Waals surface area contributed by atoms with E-state index in [2.05, 4.69) is 0 Å². The molecule has 0 saturated heterocycles. The van der Waals surface area contributed by atoms with Crippen LogP contribution in [0, 0.1) is 11.6 Å². The van der Waals surface area contributed by atoms with Crippen molar-refractivity contribution in [1.82, 2.24) is 0 Å². The average Bonchev–Trinajstić information content (AvgIpc) is 2.37. The summed E-state index contributed by atoms with van der Waals surface area (Å²) in [7, 11) is -4.34. The highest BCUT2D eigenvalue weighted by atomic mass is 31.2. The van der Waals surface area contributed by atoms with Crippen LogP contribution in [0.5, 0.6) is 0 Å². The topological polar surface area (TPSA) is 57.5 Å². The van der Waals surface area contributed by atoms with Gasteiger partial charge in [0.25, 0.3) is 0 Å². The maximum absolute atomic E-state index is 13.9. The Balaban J connectivity index is 2.47. The summed E-state index contributed by atoms with van der Waals surface area (Å²) < 4.78 is 38.1. The highest BCUT2D eigenvalue weighted by Gasteiger charge is 2.26. The molecule has 2 rings (SSSR count). The summed E-state index contributed by atoms with van der Waals surface area (Å²) in [4.78, 5) is 18.3. The zero-order valence-corrected chi connectivity index (χ0v) is 11.3. The van der Waals surface area contributed by atoms with Crippen LogP contribution in [0.2, 0.25) is 0 Å². The van der Waals surface area contributed by atoms with Crippen molar-refractivity contribution in [2.45, 2.75) is 5.92 Å². The number of hydrogen-bond donors (Lipinski definition) is 2. The van der Waals surface area contributed by atoms with E-state index >= 15 is 0 Å². The van der Waals surface area contributed by atoms with E-state index in [9.17, 15) is 23.1 Å². The molecule has 106 valence electrons. The van der Waals surface area contributed by atoms with Crippen LogP contribution in [0.25, 0.3) is 0 Å². The van der Waals surface area contributed by atoms with Gasteiger partial charge in [-0.3, -0.25) is 4.57 Å². The lowest BCUT2D eigenvalue weighted by atomic mass is 9.92. The van der Waals surface area contributed by atoms with Gasteiger partial charge in [-0.1, -0.05) is 30.3 Å². The van der Waals surface area contributed by atoms with Gasteiger partial charge in [0.15, 0.2) is 0 Å². The molecular weight excluding hydrogens is 285 g/mol. The Bertz CT molecular complexity index is 637. The standard InChI is InChI=1S/C14H13F2O3P/c15-11-7-5-10(6-8-11)13(9-20(17,18)19)12-3-1-2-4-14(12)16/h1-8,13H,9H2,(H2,17,18,19). The van der Waals surface area contributed by atoms with E-state index in [1.54, 1.807) is 6.07 Å². The molecule has 2 aromatic carbocycles. The smallest absolute Gasteiger partial charge is 0.324 e. The van der Waals surface area contributed by atoms with Crippen LogP contribution in [0.3, 0.4) is 0 Å². The van der Waals surface area contributed by atoms with E-state index in [-0.39, 0.29) is 5.56 Å². The number of hydrogen-bond acceptors (Lipinski definition) is 1. The largest absolute Gasteiger partial charge is 0.326 e. The third kappa shape index (κ3) is 3.73. The molecule has 0 saturated carbocycles. The third-order valence-electron chi connectivity index (χ3n) is 2.97. The minimum Gasteiger partial charge on any atom is -0.324 e. The zero-order chi connectivity index (χ0) is 14.8. The summed E-state index contributed by atoms with van der Waals surface area (Å²) in [5.74, 6) is -1.83. The minimum atomic E-state index is -4.34. The molecule has 0 aliphatic carbocycles. The summed E-state index contributed by atoms with van der Waals surface area (Å²) in [5.41, 5.74) is 0.641. The van der Waals surface area contributed by atoms with Crippen molar-refractivity contribution in [3.8, 4) is 0 Å². The van der Waals surface area contributed by atoms with Gasteiger partial charge < -0.3 is 9.79 Å². The van der Waals surface area contributed by atoms with Crippen LogP contribution in [0.1, 0.15) is 17.0 Å². The van der Waals surface area contributed by atoms with E-state index in [0.29, 0.717) is 5.56 Å². The van der Waals surface area contributed by atoms with E-state index in [0.717, 1.165) is 0 Å². The van der Waals surface area contributed by atoms with Crippen LogP contribution in [-0.4, -0.2) is 15.9 Å². The van der Waals surface area contributed by atoms with Crippen LogP contribution < -0.4 is 0 Å². The highest BCUT2D eigenvalue weighted by Crippen LogP contribution is 2.43. The number of benzene rings is 2. The molecular formula is C14H13F2O3P. The lowest BCUT2D eigenvalue weighted by Gasteiger charge is -2.19. The Morgan fingerprint density at radius 3 is 2.15 bits per heavy atom. The number of halogens is 2. The van der Waals surface area contributed by atoms with E-state index in [4.69, 9.17) is 0 Å². The van der Waals surface area contributed by atoms with Gasteiger partial charge >= 0.3 is 7.60 Å². The molecule has 2 N–H and O–H groups in total. The summed E-state index contributed by atoms with van der Waals surface area (Å²) in [5, 5.41) is 0. The van der Waals surface area contributed by atoms with Gasteiger partial charge in [-0.25, -0.2) is 8.78 Å². The van der Waals surface area contributed by atoms with Crippen LogP contribution in [0.4, 0.5) is 8.78 Å². The second-order valence-corrected chi connectivity index (χ2v) is 6.17. The van der Waals surface area contributed by atoms with Gasteiger partial charge in [-0.15, -0.1) is 0 Å². The first-order valence-corrected chi connectivity index (χ1v) is 7.71. The monoisotopic (exact) mass is 298 g/mol. The van der Waals surface area contributed by atoms with Crippen molar-refractivity contribution in [3.05, 3.63) is 71.3 Å². The molecule has 3 nitrogen and oxygen atoms in total. The molecule has 0 radical (unpaired) electrons. The Hall–Kier alpha value is -1.55. The fourth-order valence-corrected chi connectivity index (χ4v) is 2.96. The third-order valence-corrected chi connectivity index (χ3v) is 3.81. The van der Waals surface area contributed by atoms with E-state index < -0.39 is 31.3 Å². The van der Waals surface area contributed by atoms with Gasteiger partial charge in [0.2, 0.25) is 0 Å². The predicted octanol–water partition coefficient (Wildman–Crippen LogP) is 3.27. The molecule has 20 heavy (non-hydrogen) atoms. The van der Waals surface area contributed by atoms with Crippen LogP contribution >= 0.6 is 7.60 Å². The molecule has 0 amide bonds. The highest BCUT2D eigenvalue weighted by molar-refractivity contribution is 7.51. The van der Waals surface area contributed by atoms with Crippen molar-refractivity contribution >= 4 is 7.60 Å². The summed E-state index contributed by atoms with van der Waals surface area (Å²) in [6.45, 7) is 0. The van der Waals surface area contributed by atoms with Crippen molar-refractivity contribution in [2.24, 2.45) is 0 Å². The average molecular weight is 298 g/mol. The van der Waals surface area contributed by atoms with E-state index in [1.165, 1.54) is 42.5 Å². The van der Waals surface area contributed by atoms with Crippen LogP contribution in [0.15, 0.2) is 48.5 Å². The fourth-order valence-electron chi connectivity index (χ4n) is 2.07. The molecule has 0 heterocycles. The fraction of sp³-hybridized carbons (Fsp3) is 0.143. The molecule has 0 fully saturated rings. The molecule has 0 aromatic heterocycles. The second kappa shape index (κ2) is 5.83. The summed E-state index contributed by atoms with van der Waals surface area (Å²) >= 11 is 0. The predicted molar refractivity (Wildman–Crippen MR) is 71.6 cm³/mol. The van der Waals surface area contributed by atoms with Crippen molar-refractivity contribution in [1.29, 1.82) is 0 Å². The van der Waals surface area contributed by atoms with Gasteiger partial charge in [0, 0.05) is 5.92 Å². The maximum atomic E-state index is 13.9. The van der Waals surface area contributed by atoms with Crippen molar-refractivity contribution < 1.29 is 23.1 Å². The number of rotatable bonds is 4. The molecule has 2 aromatic rings. The Morgan fingerprint density at radius 2 is 1.60 bits per heavy atom. The first-order valence-electron chi connectivity index (χ1n) is 5.91. The van der Waals surface area contributed by atoms with Gasteiger partial charge in [-0.05, 0) is 29.3 Å². The molecule has 1 unspecified atom stereocenters. The lowest BCUT2D eigenvalue weighted by molar-refractivity contribution is 0.370. The maximum Gasteiger partial charge on any atom is 0.326 e. The zero-order valence-electron chi connectivity index (χ0n) is 10.4. The van der Waals surface area contributed by atoms with Gasteiger partial charge in [-0.2, -0.15) is 0 Å². The van der Waals surface area contributed by atoms with Crippen LogP contribution in [-0.2, 0) is 4.57 Å². The molecule has 0 spiro atoms. The Kier molecular flexibility index (Phi) is 4.33. The molecule has 0 bridgehead atoms. The van der Waals surface area contributed by atoms with Crippen molar-refractivity contribution in [3.63, 3.8) is 0 Å². The first kappa shape index (κ1) is 14.9. The Morgan fingerprint density at radius 1 is 1.00 bits per heavy atom. The molecule has 6 heteroatoms. The van der Waals surface area contributed by atoms with Gasteiger partial charge in [0.05, 0.1) is 6.16 Å². The molecule has 0 aliphatic rings. The quantitative estimate of drug-likeness (QED) is 0.852. The second-order valence-electron chi connectivity index (χ2n) is 4.47. The summed E-state index contributed by atoms with van der Waals surface area (Å²) in [6.07, 6.45) is -0.528. The first-order chi connectivity index (χ1) is 9.37. The molecule has 1 atom stereocenters. The Labute approximate surface area is 115 Å². The molecule has 0 aliphatic heterocycles. The lowest BCUT2D eigenvalue weighted by Crippen LogP contribution is -2.09. The normalized spacial score (nSPS) is 13.2.